The van der Waals surface area contributed by atoms with Gasteiger partial charge in [-0.3, -0.25) is 14.7 Å². The third-order valence-electron chi connectivity index (χ3n) is 5.30. The Morgan fingerprint density at radius 1 is 1.32 bits per heavy atom. The Balaban J connectivity index is 1.67. The number of amides is 2. The van der Waals surface area contributed by atoms with E-state index < -0.39 is 6.04 Å². The van der Waals surface area contributed by atoms with Gasteiger partial charge in [0.05, 0.1) is 23.7 Å². The van der Waals surface area contributed by atoms with Crippen molar-refractivity contribution < 1.29 is 9.59 Å². The SMILES string of the molecule is CC(C)CC(C#N)NC(=O)C1CCCCC1NC(=O)c1ccc2[nH]ncc2c1. The van der Waals surface area contributed by atoms with E-state index in [9.17, 15) is 14.9 Å². The summed E-state index contributed by atoms with van der Waals surface area (Å²) in [6.45, 7) is 4.05. The average molecular weight is 381 g/mol. The highest BCUT2D eigenvalue weighted by Gasteiger charge is 2.33. The summed E-state index contributed by atoms with van der Waals surface area (Å²) in [5.41, 5.74) is 1.42. The van der Waals surface area contributed by atoms with Gasteiger partial charge in [0.2, 0.25) is 5.91 Å². The van der Waals surface area contributed by atoms with Crippen LogP contribution in [0.2, 0.25) is 0 Å². The maximum absolute atomic E-state index is 12.8. The Morgan fingerprint density at radius 2 is 2.11 bits per heavy atom. The average Bonchev–Trinajstić information content (AvgIpc) is 3.15. The van der Waals surface area contributed by atoms with Gasteiger partial charge in [-0.2, -0.15) is 10.4 Å². The summed E-state index contributed by atoms with van der Waals surface area (Å²) >= 11 is 0. The maximum atomic E-state index is 12.8. The number of aromatic nitrogens is 2. The van der Waals surface area contributed by atoms with Crippen LogP contribution in [0.1, 0.15) is 56.3 Å². The number of hydrogen-bond donors (Lipinski definition) is 3. The first-order chi connectivity index (χ1) is 13.5. The molecule has 0 aliphatic heterocycles. The molecule has 1 aliphatic carbocycles. The summed E-state index contributed by atoms with van der Waals surface area (Å²) in [4.78, 5) is 25.5. The summed E-state index contributed by atoms with van der Waals surface area (Å²) in [6, 6.07) is 6.83. The fraction of sp³-hybridized carbons (Fsp3) is 0.524. The number of nitriles is 1. The van der Waals surface area contributed by atoms with E-state index in [-0.39, 0.29) is 23.8 Å². The van der Waals surface area contributed by atoms with E-state index in [0.717, 1.165) is 36.6 Å². The molecule has 148 valence electrons. The molecule has 1 saturated carbocycles. The van der Waals surface area contributed by atoms with Gasteiger partial charge in [-0.05, 0) is 43.4 Å². The van der Waals surface area contributed by atoms with Gasteiger partial charge in [0.15, 0.2) is 0 Å². The number of fused-ring (bicyclic) bond motifs is 1. The first-order valence-electron chi connectivity index (χ1n) is 9.92. The van der Waals surface area contributed by atoms with Crippen molar-refractivity contribution in [1.82, 2.24) is 20.8 Å². The third-order valence-corrected chi connectivity index (χ3v) is 5.30. The second-order valence-electron chi connectivity index (χ2n) is 7.96. The summed E-state index contributed by atoms with van der Waals surface area (Å²) in [5, 5.41) is 22.9. The number of H-pyrrole nitrogens is 1. The van der Waals surface area contributed by atoms with Crippen LogP contribution in [0.5, 0.6) is 0 Å². The normalized spacial score (nSPS) is 20.5. The standard InChI is InChI=1S/C21H27N5O2/c1-13(2)9-16(11-22)24-21(28)17-5-3-4-6-19(17)25-20(27)14-7-8-18-15(10-14)12-23-26-18/h7-8,10,12-13,16-17,19H,3-6,9H2,1-2H3,(H,23,26)(H,24,28)(H,25,27). The second kappa shape index (κ2) is 8.87. The van der Waals surface area contributed by atoms with E-state index in [2.05, 4.69) is 26.9 Å². The van der Waals surface area contributed by atoms with Crippen LogP contribution >= 0.6 is 0 Å². The zero-order chi connectivity index (χ0) is 20.1. The fourth-order valence-electron chi connectivity index (χ4n) is 3.85. The largest absolute Gasteiger partial charge is 0.349 e. The molecule has 3 N–H and O–H groups in total. The van der Waals surface area contributed by atoms with Crippen molar-refractivity contribution in [3.63, 3.8) is 0 Å². The Labute approximate surface area is 164 Å². The predicted molar refractivity (Wildman–Crippen MR) is 106 cm³/mol. The molecule has 7 heteroatoms. The number of carbonyl (C=O) groups excluding carboxylic acids is 2. The van der Waals surface area contributed by atoms with Crippen LogP contribution in [0, 0.1) is 23.2 Å². The Kier molecular flexibility index (Phi) is 6.30. The summed E-state index contributed by atoms with van der Waals surface area (Å²) < 4.78 is 0. The second-order valence-corrected chi connectivity index (χ2v) is 7.96. The lowest BCUT2D eigenvalue weighted by Crippen LogP contribution is -2.50. The van der Waals surface area contributed by atoms with Crippen LogP contribution < -0.4 is 10.6 Å². The molecule has 1 aromatic heterocycles. The van der Waals surface area contributed by atoms with Gasteiger partial charge in [0.25, 0.3) is 5.91 Å². The lowest BCUT2D eigenvalue weighted by atomic mass is 9.83. The molecular formula is C21H27N5O2. The highest BCUT2D eigenvalue weighted by Crippen LogP contribution is 2.25. The molecule has 1 fully saturated rings. The third kappa shape index (κ3) is 4.69. The Morgan fingerprint density at radius 3 is 2.86 bits per heavy atom. The van der Waals surface area contributed by atoms with Crippen LogP contribution in [0.15, 0.2) is 24.4 Å². The van der Waals surface area contributed by atoms with Crippen LogP contribution in [0.3, 0.4) is 0 Å². The molecule has 1 aliphatic rings. The number of benzene rings is 1. The molecule has 3 unspecified atom stereocenters. The van der Waals surface area contributed by atoms with Crippen molar-refractivity contribution in [1.29, 1.82) is 5.26 Å². The number of nitrogens with zero attached hydrogens (tertiary/aromatic N) is 2. The van der Waals surface area contributed by atoms with E-state index in [0.29, 0.717) is 17.9 Å². The zero-order valence-electron chi connectivity index (χ0n) is 16.4. The molecule has 28 heavy (non-hydrogen) atoms. The highest BCUT2D eigenvalue weighted by molar-refractivity contribution is 5.98. The molecule has 1 aromatic carbocycles. The molecule has 0 radical (unpaired) electrons. The van der Waals surface area contributed by atoms with Gasteiger partial charge >= 0.3 is 0 Å². The summed E-state index contributed by atoms with van der Waals surface area (Å²) in [6.07, 6.45) is 5.71. The van der Waals surface area contributed by atoms with Gasteiger partial charge in [0.1, 0.15) is 6.04 Å². The van der Waals surface area contributed by atoms with E-state index in [4.69, 9.17) is 0 Å². The van der Waals surface area contributed by atoms with Gasteiger partial charge in [-0.25, -0.2) is 0 Å². The molecular weight excluding hydrogens is 354 g/mol. The Hall–Kier alpha value is -2.88. The number of hydrogen-bond acceptors (Lipinski definition) is 4. The van der Waals surface area contributed by atoms with Crippen LogP contribution in [0.4, 0.5) is 0 Å². The van der Waals surface area contributed by atoms with E-state index in [1.54, 1.807) is 18.3 Å². The van der Waals surface area contributed by atoms with Gasteiger partial charge in [-0.15, -0.1) is 0 Å². The molecule has 1 heterocycles. The smallest absolute Gasteiger partial charge is 0.251 e. The van der Waals surface area contributed by atoms with Crippen LogP contribution in [-0.4, -0.2) is 34.1 Å². The monoisotopic (exact) mass is 381 g/mol. The number of rotatable bonds is 6. The zero-order valence-corrected chi connectivity index (χ0v) is 16.4. The van der Waals surface area contributed by atoms with Crippen LogP contribution in [0.25, 0.3) is 10.9 Å². The molecule has 3 atom stereocenters. The van der Waals surface area contributed by atoms with Crippen molar-refractivity contribution in [3.05, 3.63) is 30.0 Å². The van der Waals surface area contributed by atoms with Crippen molar-refractivity contribution in [2.75, 3.05) is 0 Å². The molecule has 3 rings (SSSR count). The molecule has 2 aromatic rings. The van der Waals surface area contributed by atoms with Crippen molar-refractivity contribution in [3.8, 4) is 6.07 Å². The van der Waals surface area contributed by atoms with E-state index >= 15 is 0 Å². The fourth-order valence-corrected chi connectivity index (χ4v) is 3.85. The number of nitrogens with one attached hydrogen (secondary N) is 3. The quantitative estimate of drug-likeness (QED) is 0.714. The molecule has 2 amide bonds. The molecule has 7 nitrogen and oxygen atoms in total. The first kappa shape index (κ1) is 19.9. The lowest BCUT2D eigenvalue weighted by molar-refractivity contribution is -0.127. The Bertz CT molecular complexity index is 882. The van der Waals surface area contributed by atoms with Crippen molar-refractivity contribution in [2.24, 2.45) is 11.8 Å². The molecule has 0 spiro atoms. The number of aromatic amines is 1. The van der Waals surface area contributed by atoms with Gasteiger partial charge in [-0.1, -0.05) is 26.7 Å². The minimum atomic E-state index is -0.491. The van der Waals surface area contributed by atoms with Gasteiger partial charge in [0, 0.05) is 17.0 Å². The van der Waals surface area contributed by atoms with E-state index in [1.165, 1.54) is 0 Å². The summed E-state index contributed by atoms with van der Waals surface area (Å²) in [7, 11) is 0. The lowest BCUT2D eigenvalue weighted by Gasteiger charge is -2.32. The van der Waals surface area contributed by atoms with Crippen molar-refractivity contribution >= 4 is 22.7 Å². The first-order valence-corrected chi connectivity index (χ1v) is 9.92. The minimum Gasteiger partial charge on any atom is -0.349 e. The predicted octanol–water partition coefficient (Wildman–Crippen LogP) is 2.91. The van der Waals surface area contributed by atoms with Crippen molar-refractivity contribution in [2.45, 2.75) is 58.0 Å². The van der Waals surface area contributed by atoms with Gasteiger partial charge < -0.3 is 10.6 Å². The molecule has 0 saturated heterocycles. The molecule has 0 bridgehead atoms. The van der Waals surface area contributed by atoms with Crippen LogP contribution in [-0.2, 0) is 4.79 Å². The minimum absolute atomic E-state index is 0.137. The van der Waals surface area contributed by atoms with E-state index in [1.807, 2.05) is 19.9 Å². The number of carbonyl (C=O) groups is 2. The maximum Gasteiger partial charge on any atom is 0.251 e. The topological polar surface area (TPSA) is 111 Å². The highest BCUT2D eigenvalue weighted by atomic mass is 16.2. The summed E-state index contributed by atoms with van der Waals surface area (Å²) in [5.74, 6) is -0.308.